The van der Waals surface area contributed by atoms with Gasteiger partial charge in [-0.25, -0.2) is 25.9 Å². The van der Waals surface area contributed by atoms with E-state index >= 15 is 0 Å². The molecule has 0 aromatic heterocycles. The van der Waals surface area contributed by atoms with Crippen LogP contribution in [0.2, 0.25) is 0 Å². The van der Waals surface area contributed by atoms with Gasteiger partial charge in [0.15, 0.2) is 0 Å². The first-order valence-electron chi connectivity index (χ1n) is 9.12. The summed E-state index contributed by atoms with van der Waals surface area (Å²) >= 11 is 0. The number of carbonyl (C=O) groups excluding carboxylic acids is 1. The van der Waals surface area contributed by atoms with Crippen LogP contribution in [0.4, 0.5) is 0 Å². The Bertz CT molecular complexity index is 1100. The summed E-state index contributed by atoms with van der Waals surface area (Å²) in [7, 11) is -4.44. The normalized spacial score (nSPS) is 12.4. The van der Waals surface area contributed by atoms with Crippen LogP contribution in [0, 0.1) is 0 Å². The van der Waals surface area contributed by atoms with Crippen LogP contribution in [0.15, 0.2) is 64.9 Å². The topological polar surface area (TPSA) is 113 Å². The average Bonchev–Trinajstić information content (AvgIpc) is 2.71. The van der Waals surface area contributed by atoms with Gasteiger partial charge >= 0.3 is 0 Å². The highest BCUT2D eigenvalue weighted by Gasteiger charge is 2.20. The van der Waals surface area contributed by atoms with E-state index < -0.39 is 26.0 Å². The van der Waals surface area contributed by atoms with Gasteiger partial charge in [0.25, 0.3) is 0 Å². The summed E-state index contributed by atoms with van der Waals surface area (Å²) in [5.74, 6) is -0.401. The number of carbonyl (C=O) groups is 1. The first kappa shape index (κ1) is 23.7. The van der Waals surface area contributed by atoms with Gasteiger partial charge in [-0.1, -0.05) is 48.5 Å². The van der Waals surface area contributed by atoms with Crippen molar-refractivity contribution in [3.05, 3.63) is 71.1 Å². The Balaban J connectivity index is 1.87. The largest absolute Gasteiger partial charge is 0.352 e. The molecule has 10 heteroatoms. The van der Waals surface area contributed by atoms with Crippen LogP contribution < -0.4 is 10.0 Å². The number of nitrogens with zero attached hydrogens (tertiary/aromatic N) is 1. The smallest absolute Gasteiger partial charge is 0.242 e. The van der Waals surface area contributed by atoms with Crippen LogP contribution in [0.3, 0.4) is 0 Å². The molecule has 0 aliphatic heterocycles. The fourth-order valence-corrected chi connectivity index (χ4v) is 4.40. The van der Waals surface area contributed by atoms with Crippen molar-refractivity contribution in [2.24, 2.45) is 0 Å². The number of rotatable bonds is 10. The minimum absolute atomic E-state index is 0.0166. The molecule has 2 rings (SSSR count). The third kappa shape index (κ3) is 7.06. The predicted octanol–water partition coefficient (Wildman–Crippen LogP) is 1.53. The lowest BCUT2D eigenvalue weighted by atomic mass is 10.2. The van der Waals surface area contributed by atoms with E-state index in [9.17, 15) is 21.6 Å². The fourth-order valence-electron chi connectivity index (χ4n) is 2.47. The summed E-state index contributed by atoms with van der Waals surface area (Å²) < 4.78 is 52.1. The second-order valence-electron chi connectivity index (χ2n) is 6.57. The number of hydrogen-bond donors (Lipinski definition) is 2. The Labute approximate surface area is 177 Å². The van der Waals surface area contributed by atoms with Crippen molar-refractivity contribution in [3.8, 4) is 0 Å². The minimum atomic E-state index is -3.67. The van der Waals surface area contributed by atoms with Crippen LogP contribution in [0.25, 0.3) is 6.08 Å². The van der Waals surface area contributed by atoms with E-state index in [1.165, 1.54) is 26.2 Å². The van der Waals surface area contributed by atoms with E-state index in [2.05, 4.69) is 10.0 Å². The van der Waals surface area contributed by atoms with Gasteiger partial charge < -0.3 is 5.32 Å². The molecular formula is C20H25N3O5S2. The van der Waals surface area contributed by atoms with Crippen LogP contribution in [0.5, 0.6) is 0 Å². The first-order chi connectivity index (χ1) is 14.1. The quantitative estimate of drug-likeness (QED) is 0.569. The van der Waals surface area contributed by atoms with E-state index in [-0.39, 0.29) is 24.4 Å². The molecule has 30 heavy (non-hydrogen) atoms. The molecule has 0 unspecified atom stereocenters. The number of benzene rings is 2. The van der Waals surface area contributed by atoms with Gasteiger partial charge in [-0.2, -0.15) is 0 Å². The minimum Gasteiger partial charge on any atom is -0.352 e. The highest BCUT2D eigenvalue weighted by Crippen LogP contribution is 2.18. The van der Waals surface area contributed by atoms with Crippen LogP contribution in [0.1, 0.15) is 17.5 Å². The zero-order chi connectivity index (χ0) is 22.2. The molecule has 0 spiro atoms. The van der Waals surface area contributed by atoms with Gasteiger partial charge in [0.2, 0.25) is 26.0 Å². The van der Waals surface area contributed by atoms with E-state index in [4.69, 9.17) is 0 Å². The predicted molar refractivity (Wildman–Crippen MR) is 116 cm³/mol. The van der Waals surface area contributed by atoms with Crippen LogP contribution in [-0.4, -0.2) is 47.7 Å². The van der Waals surface area contributed by atoms with Crippen molar-refractivity contribution in [2.45, 2.75) is 17.9 Å². The van der Waals surface area contributed by atoms with E-state index in [0.717, 1.165) is 15.3 Å². The maximum absolute atomic E-state index is 12.4. The van der Waals surface area contributed by atoms with E-state index in [0.29, 0.717) is 5.56 Å². The molecule has 0 atom stereocenters. The van der Waals surface area contributed by atoms with Crippen molar-refractivity contribution >= 4 is 32.0 Å². The lowest BCUT2D eigenvalue weighted by Crippen LogP contribution is -2.30. The number of sulfonamides is 2. The SMILES string of the molecule is CN(C)S(=O)(=O)c1ccccc1CNC(=O)CCNS(=O)(=O)/C=C/c1ccccc1. The Kier molecular flexibility index (Phi) is 8.30. The number of nitrogens with one attached hydrogen (secondary N) is 2. The zero-order valence-corrected chi connectivity index (χ0v) is 18.4. The van der Waals surface area contributed by atoms with Gasteiger partial charge in [0.1, 0.15) is 0 Å². The zero-order valence-electron chi connectivity index (χ0n) is 16.8. The highest BCUT2D eigenvalue weighted by molar-refractivity contribution is 7.92. The molecule has 2 N–H and O–H groups in total. The summed E-state index contributed by atoms with van der Waals surface area (Å²) in [6.45, 7) is -0.0618. The summed E-state index contributed by atoms with van der Waals surface area (Å²) in [6.07, 6.45) is 1.38. The molecule has 0 radical (unpaired) electrons. The maximum Gasteiger partial charge on any atom is 0.242 e. The standard InChI is InChI=1S/C20H25N3O5S2/c1-23(2)30(27,28)19-11-7-6-10-18(19)16-21-20(24)12-14-22-29(25,26)15-13-17-8-4-3-5-9-17/h3-11,13,15,22H,12,14,16H2,1-2H3,(H,21,24)/b15-13+. The maximum atomic E-state index is 12.4. The summed E-state index contributed by atoms with van der Waals surface area (Å²) in [6, 6.07) is 15.4. The summed E-state index contributed by atoms with van der Waals surface area (Å²) in [5, 5.41) is 3.66. The Morgan fingerprint density at radius 2 is 1.60 bits per heavy atom. The lowest BCUT2D eigenvalue weighted by Gasteiger charge is -2.15. The number of hydrogen-bond acceptors (Lipinski definition) is 5. The molecular weight excluding hydrogens is 426 g/mol. The lowest BCUT2D eigenvalue weighted by molar-refractivity contribution is -0.121. The molecule has 2 aromatic carbocycles. The Morgan fingerprint density at radius 3 is 2.27 bits per heavy atom. The van der Waals surface area contributed by atoms with Gasteiger partial charge in [0, 0.05) is 39.0 Å². The third-order valence-corrected chi connectivity index (χ3v) is 7.12. The van der Waals surface area contributed by atoms with Crippen molar-refractivity contribution in [3.63, 3.8) is 0 Å². The molecule has 0 fully saturated rings. The second-order valence-corrected chi connectivity index (χ2v) is 10.3. The molecule has 0 aliphatic carbocycles. The summed E-state index contributed by atoms with van der Waals surface area (Å²) in [4.78, 5) is 12.2. The third-order valence-electron chi connectivity index (χ3n) is 4.10. The van der Waals surface area contributed by atoms with Crippen LogP contribution in [-0.2, 0) is 31.4 Å². The highest BCUT2D eigenvalue weighted by atomic mass is 32.2. The summed E-state index contributed by atoms with van der Waals surface area (Å²) in [5.41, 5.74) is 1.19. The molecule has 1 amide bonds. The molecule has 0 aliphatic rings. The second kappa shape index (κ2) is 10.5. The van der Waals surface area contributed by atoms with Crippen molar-refractivity contribution in [2.75, 3.05) is 20.6 Å². The van der Waals surface area contributed by atoms with Crippen molar-refractivity contribution in [1.29, 1.82) is 0 Å². The van der Waals surface area contributed by atoms with Gasteiger partial charge in [-0.15, -0.1) is 0 Å². The van der Waals surface area contributed by atoms with Crippen LogP contribution >= 0.6 is 0 Å². The molecule has 0 saturated heterocycles. The first-order valence-corrected chi connectivity index (χ1v) is 12.1. The number of amides is 1. The van der Waals surface area contributed by atoms with Gasteiger partial charge in [-0.3, -0.25) is 4.79 Å². The van der Waals surface area contributed by atoms with Gasteiger partial charge in [0.05, 0.1) is 4.90 Å². The molecule has 0 saturated carbocycles. The van der Waals surface area contributed by atoms with E-state index in [1.54, 1.807) is 42.5 Å². The Hall–Kier alpha value is -2.53. The van der Waals surface area contributed by atoms with E-state index in [1.807, 2.05) is 6.07 Å². The fraction of sp³-hybridized carbons (Fsp3) is 0.250. The molecule has 162 valence electrons. The van der Waals surface area contributed by atoms with Crippen molar-refractivity contribution in [1.82, 2.24) is 14.3 Å². The van der Waals surface area contributed by atoms with Gasteiger partial charge in [-0.05, 0) is 23.3 Å². The molecule has 0 bridgehead atoms. The van der Waals surface area contributed by atoms with Crippen molar-refractivity contribution < 1.29 is 21.6 Å². The monoisotopic (exact) mass is 451 g/mol. The molecule has 2 aromatic rings. The average molecular weight is 452 g/mol. The molecule has 0 heterocycles. The molecule has 8 nitrogen and oxygen atoms in total. The Morgan fingerprint density at radius 1 is 0.967 bits per heavy atom.